The number of nitroso groups, excluding NO2 is 1. The maximum absolute atomic E-state index is 10.8. The first kappa shape index (κ1) is 12.1. The van der Waals surface area contributed by atoms with Crippen LogP contribution in [0.4, 0.5) is 17.1 Å². The van der Waals surface area contributed by atoms with Gasteiger partial charge in [-0.15, -0.1) is 4.91 Å². The molecule has 4 nitrogen and oxygen atoms in total. The van der Waals surface area contributed by atoms with Crippen LogP contribution in [0.25, 0.3) is 0 Å². The van der Waals surface area contributed by atoms with Gasteiger partial charge < -0.3 is 10.1 Å². The molecule has 2 rings (SSSR count). The van der Waals surface area contributed by atoms with E-state index in [0.717, 1.165) is 17.0 Å². The fourth-order valence-corrected chi connectivity index (χ4v) is 1.71. The average Bonchev–Trinajstić information content (AvgIpc) is 2.40. The Balaban J connectivity index is 2.28. The van der Waals surface area contributed by atoms with Gasteiger partial charge in [-0.25, -0.2) is 0 Å². The van der Waals surface area contributed by atoms with Gasteiger partial charge in [0.05, 0.1) is 12.8 Å². The van der Waals surface area contributed by atoms with Crippen LogP contribution in [-0.4, -0.2) is 7.11 Å². The Hall–Kier alpha value is -2.36. The molecule has 0 amide bonds. The van der Waals surface area contributed by atoms with Gasteiger partial charge in [0.1, 0.15) is 11.4 Å². The van der Waals surface area contributed by atoms with Crippen molar-refractivity contribution in [3.8, 4) is 5.75 Å². The summed E-state index contributed by atoms with van der Waals surface area (Å²) >= 11 is 0. The molecular weight excluding hydrogens is 228 g/mol. The van der Waals surface area contributed by atoms with Crippen LogP contribution in [0.2, 0.25) is 0 Å². The number of nitrogens with zero attached hydrogens (tertiary/aromatic N) is 1. The number of hydrogen-bond acceptors (Lipinski definition) is 4. The predicted molar refractivity (Wildman–Crippen MR) is 72.9 cm³/mol. The lowest BCUT2D eigenvalue weighted by Crippen LogP contribution is -1.92. The van der Waals surface area contributed by atoms with Gasteiger partial charge in [0.25, 0.3) is 0 Å². The van der Waals surface area contributed by atoms with Gasteiger partial charge in [-0.2, -0.15) is 0 Å². The Morgan fingerprint density at radius 1 is 1.11 bits per heavy atom. The molecule has 18 heavy (non-hydrogen) atoms. The van der Waals surface area contributed by atoms with Crippen molar-refractivity contribution in [2.45, 2.75) is 6.92 Å². The highest BCUT2D eigenvalue weighted by Gasteiger charge is 2.06. The number of methoxy groups -OCH3 is 1. The van der Waals surface area contributed by atoms with E-state index in [4.69, 9.17) is 4.74 Å². The minimum Gasteiger partial charge on any atom is -0.497 e. The molecule has 0 atom stereocenters. The number of rotatable bonds is 4. The maximum Gasteiger partial charge on any atom is 0.134 e. The van der Waals surface area contributed by atoms with Crippen molar-refractivity contribution in [1.82, 2.24) is 0 Å². The van der Waals surface area contributed by atoms with Crippen molar-refractivity contribution >= 4 is 17.1 Å². The molecule has 0 unspecified atom stereocenters. The van der Waals surface area contributed by atoms with Crippen LogP contribution < -0.4 is 10.1 Å². The SMILES string of the molecule is COc1ccc(Nc2cccc(C)c2N=O)cc1. The van der Waals surface area contributed by atoms with Crippen molar-refractivity contribution in [2.75, 3.05) is 12.4 Å². The van der Waals surface area contributed by atoms with Gasteiger partial charge in [0.2, 0.25) is 0 Å². The molecule has 0 saturated carbocycles. The van der Waals surface area contributed by atoms with Crippen molar-refractivity contribution < 1.29 is 4.74 Å². The molecule has 0 bridgehead atoms. The van der Waals surface area contributed by atoms with Crippen LogP contribution in [0, 0.1) is 11.8 Å². The highest BCUT2D eigenvalue weighted by molar-refractivity contribution is 5.74. The Labute approximate surface area is 106 Å². The van der Waals surface area contributed by atoms with Crippen molar-refractivity contribution in [3.63, 3.8) is 0 Å². The normalized spacial score (nSPS) is 9.89. The molecule has 0 aliphatic carbocycles. The molecule has 92 valence electrons. The van der Waals surface area contributed by atoms with Crippen LogP contribution >= 0.6 is 0 Å². The summed E-state index contributed by atoms with van der Waals surface area (Å²) in [6.45, 7) is 1.86. The van der Waals surface area contributed by atoms with Gasteiger partial charge in [-0.1, -0.05) is 12.1 Å². The first-order valence-electron chi connectivity index (χ1n) is 5.58. The van der Waals surface area contributed by atoms with Crippen LogP contribution in [0.3, 0.4) is 0 Å². The molecule has 0 fully saturated rings. The Morgan fingerprint density at radius 3 is 2.44 bits per heavy atom. The van der Waals surface area contributed by atoms with Crippen LogP contribution in [0.1, 0.15) is 5.56 Å². The zero-order valence-corrected chi connectivity index (χ0v) is 10.3. The molecule has 4 heteroatoms. The van der Waals surface area contributed by atoms with Crippen molar-refractivity contribution in [3.05, 3.63) is 52.9 Å². The standard InChI is InChI=1S/C14H14N2O2/c1-10-4-3-5-13(14(10)16-17)15-11-6-8-12(18-2)9-7-11/h3-9,15H,1-2H3. The second kappa shape index (κ2) is 5.31. The van der Waals surface area contributed by atoms with Gasteiger partial charge in [0, 0.05) is 5.69 Å². The van der Waals surface area contributed by atoms with E-state index in [-0.39, 0.29) is 0 Å². The van der Waals surface area contributed by atoms with Gasteiger partial charge in [0.15, 0.2) is 0 Å². The number of hydrogen-bond donors (Lipinski definition) is 1. The van der Waals surface area contributed by atoms with Gasteiger partial charge in [-0.3, -0.25) is 0 Å². The quantitative estimate of drug-likeness (QED) is 0.819. The molecule has 0 radical (unpaired) electrons. The Kier molecular flexibility index (Phi) is 3.57. The minimum absolute atomic E-state index is 0.438. The zero-order chi connectivity index (χ0) is 13.0. The summed E-state index contributed by atoms with van der Waals surface area (Å²) in [5.74, 6) is 0.790. The summed E-state index contributed by atoms with van der Waals surface area (Å²) in [6, 6.07) is 13.0. The first-order valence-corrected chi connectivity index (χ1v) is 5.58. The maximum atomic E-state index is 10.8. The monoisotopic (exact) mass is 242 g/mol. The highest BCUT2D eigenvalue weighted by Crippen LogP contribution is 2.31. The van der Waals surface area contributed by atoms with Gasteiger partial charge in [-0.05, 0) is 48.0 Å². The molecular formula is C14H14N2O2. The summed E-state index contributed by atoms with van der Waals surface area (Å²) in [7, 11) is 1.62. The van der Waals surface area contributed by atoms with E-state index in [1.807, 2.05) is 49.4 Å². The third kappa shape index (κ3) is 2.48. The van der Waals surface area contributed by atoms with E-state index in [2.05, 4.69) is 10.5 Å². The molecule has 0 heterocycles. The Morgan fingerprint density at radius 2 is 1.83 bits per heavy atom. The molecule has 2 aromatic rings. The first-order chi connectivity index (χ1) is 8.74. The zero-order valence-electron chi connectivity index (χ0n) is 10.3. The predicted octanol–water partition coefficient (Wildman–Crippen LogP) is 4.15. The van der Waals surface area contributed by atoms with Crippen molar-refractivity contribution in [2.24, 2.45) is 5.18 Å². The summed E-state index contributed by atoms with van der Waals surface area (Å²) in [6.07, 6.45) is 0. The fraction of sp³-hybridized carbons (Fsp3) is 0.143. The second-order valence-corrected chi connectivity index (χ2v) is 3.92. The molecule has 2 aromatic carbocycles. The molecule has 1 N–H and O–H groups in total. The topological polar surface area (TPSA) is 50.7 Å². The second-order valence-electron chi connectivity index (χ2n) is 3.92. The van der Waals surface area contributed by atoms with E-state index in [9.17, 15) is 4.91 Å². The smallest absolute Gasteiger partial charge is 0.134 e. The van der Waals surface area contributed by atoms with E-state index in [0.29, 0.717) is 11.4 Å². The van der Waals surface area contributed by atoms with E-state index in [1.165, 1.54) is 0 Å². The third-order valence-corrected chi connectivity index (χ3v) is 2.70. The molecule has 0 aliphatic rings. The third-order valence-electron chi connectivity index (χ3n) is 2.70. The van der Waals surface area contributed by atoms with Crippen LogP contribution in [0.5, 0.6) is 5.75 Å². The lowest BCUT2D eigenvalue weighted by molar-refractivity contribution is 0.415. The highest BCUT2D eigenvalue weighted by atomic mass is 16.5. The summed E-state index contributed by atoms with van der Waals surface area (Å²) < 4.78 is 5.09. The largest absolute Gasteiger partial charge is 0.497 e. The molecule has 0 saturated heterocycles. The Bertz CT molecular complexity index is 550. The van der Waals surface area contributed by atoms with Crippen LogP contribution in [0.15, 0.2) is 47.6 Å². The molecule has 0 spiro atoms. The minimum atomic E-state index is 0.438. The summed E-state index contributed by atoms with van der Waals surface area (Å²) in [5.41, 5.74) is 2.87. The lowest BCUT2D eigenvalue weighted by Gasteiger charge is -2.10. The average molecular weight is 242 g/mol. The fourth-order valence-electron chi connectivity index (χ4n) is 1.71. The van der Waals surface area contributed by atoms with E-state index < -0.39 is 0 Å². The number of aryl methyl sites for hydroxylation is 1. The molecule has 0 aromatic heterocycles. The molecule has 0 aliphatic heterocycles. The lowest BCUT2D eigenvalue weighted by atomic mass is 10.1. The van der Waals surface area contributed by atoms with Gasteiger partial charge >= 0.3 is 0 Å². The summed E-state index contributed by atoms with van der Waals surface area (Å²) in [5, 5.41) is 6.23. The number of benzene rings is 2. The van der Waals surface area contributed by atoms with E-state index >= 15 is 0 Å². The number of anilines is 2. The van der Waals surface area contributed by atoms with Crippen molar-refractivity contribution in [1.29, 1.82) is 0 Å². The number of nitrogens with one attached hydrogen (secondary N) is 1. The number of ether oxygens (including phenoxy) is 1. The van der Waals surface area contributed by atoms with E-state index in [1.54, 1.807) is 7.11 Å². The van der Waals surface area contributed by atoms with Crippen LogP contribution in [-0.2, 0) is 0 Å². The summed E-state index contributed by atoms with van der Waals surface area (Å²) in [4.78, 5) is 10.8.